The van der Waals surface area contributed by atoms with Crippen molar-refractivity contribution in [1.29, 1.82) is 0 Å². The molecule has 0 aromatic carbocycles. The van der Waals surface area contributed by atoms with Gasteiger partial charge in [-0.1, -0.05) is 25.9 Å². The Balaban J connectivity index is 1.73. The molecule has 27 heavy (non-hydrogen) atoms. The van der Waals surface area contributed by atoms with Crippen LogP contribution in [0.1, 0.15) is 40.0 Å². The largest absolute Gasteiger partial charge is 0.486 e. The van der Waals surface area contributed by atoms with E-state index in [1.165, 1.54) is 0 Å². The molecular formula is C19H23NO7. The van der Waals surface area contributed by atoms with Gasteiger partial charge in [0.1, 0.15) is 17.8 Å². The van der Waals surface area contributed by atoms with E-state index < -0.39 is 41.4 Å². The third-order valence-corrected chi connectivity index (χ3v) is 7.00. The SMILES string of the molecule is C[C@@H]1C[C@H](C)[C@]2(O)CC(=NO2)C2[C@@H](O)[C@@H]3OC4=C(C(=O)O[C@@]42C[C@H]3C)C1=O. The number of nitrogens with zero attached hydrogens (tertiary/aromatic N) is 1. The smallest absolute Gasteiger partial charge is 0.346 e. The van der Waals surface area contributed by atoms with Crippen molar-refractivity contribution in [2.45, 2.75) is 63.6 Å². The first-order valence-electron chi connectivity index (χ1n) is 9.52. The Labute approximate surface area is 156 Å². The molecule has 0 aromatic heterocycles. The van der Waals surface area contributed by atoms with Crippen molar-refractivity contribution in [2.24, 2.45) is 28.8 Å². The monoisotopic (exact) mass is 377 g/mol. The molecule has 1 spiro atoms. The number of carbonyl (C=O) groups excluding carboxylic acids is 2. The Morgan fingerprint density at radius 1 is 1.22 bits per heavy atom. The average molecular weight is 377 g/mol. The fraction of sp³-hybridized carbons (Fsp3) is 0.737. The minimum absolute atomic E-state index is 0.0465. The number of Topliss-reactive ketones (excluding diaryl/α,β-unsaturated/α-hetero) is 1. The predicted octanol–water partition coefficient (Wildman–Crippen LogP) is 0.662. The van der Waals surface area contributed by atoms with E-state index >= 15 is 0 Å². The van der Waals surface area contributed by atoms with Gasteiger partial charge < -0.3 is 24.5 Å². The van der Waals surface area contributed by atoms with Gasteiger partial charge in [-0.3, -0.25) is 4.79 Å². The van der Waals surface area contributed by atoms with Crippen LogP contribution in [0.5, 0.6) is 0 Å². The lowest BCUT2D eigenvalue weighted by Crippen LogP contribution is -2.66. The van der Waals surface area contributed by atoms with Crippen LogP contribution in [0.25, 0.3) is 0 Å². The first-order valence-corrected chi connectivity index (χ1v) is 9.52. The molecule has 0 radical (unpaired) electrons. The summed E-state index contributed by atoms with van der Waals surface area (Å²) in [5, 5.41) is 26.0. The molecule has 8 heteroatoms. The van der Waals surface area contributed by atoms with E-state index in [0.29, 0.717) is 18.6 Å². The quantitative estimate of drug-likeness (QED) is 0.471. The zero-order chi connectivity index (χ0) is 19.3. The Morgan fingerprint density at radius 2 is 1.96 bits per heavy atom. The lowest BCUT2D eigenvalue weighted by molar-refractivity contribution is -0.220. The Bertz CT molecular complexity index is 819. The standard InChI is InChI=1S/C19H23NO7/c1-7-4-9(3)19(24)6-10(20-27-19)12-14(22)15-8(2)5-18(12)16(25-15)11(13(7)21)17(23)26-18/h7-9,12,14-15,22,24H,4-6H2,1-3H3/t7-,8-,9+,12?,14-,15-,18-,19+/m1/s1. The fourth-order valence-corrected chi connectivity index (χ4v) is 5.55. The number of aliphatic hydroxyl groups is 2. The Hall–Kier alpha value is -1.93. The second kappa shape index (κ2) is 5.11. The van der Waals surface area contributed by atoms with Crippen LogP contribution >= 0.6 is 0 Å². The van der Waals surface area contributed by atoms with Crippen LogP contribution in [0.15, 0.2) is 16.5 Å². The highest BCUT2D eigenvalue weighted by atomic mass is 16.7. The fourth-order valence-electron chi connectivity index (χ4n) is 5.55. The molecule has 0 aromatic rings. The summed E-state index contributed by atoms with van der Waals surface area (Å²) >= 11 is 0. The molecule has 2 aliphatic carbocycles. The first-order chi connectivity index (χ1) is 12.7. The van der Waals surface area contributed by atoms with Crippen LogP contribution in [0, 0.1) is 23.7 Å². The van der Waals surface area contributed by atoms with Crippen molar-refractivity contribution in [3.05, 3.63) is 11.3 Å². The number of aliphatic hydroxyl groups excluding tert-OH is 1. The molecule has 8 nitrogen and oxygen atoms in total. The maximum atomic E-state index is 13.1. The van der Waals surface area contributed by atoms with Crippen molar-refractivity contribution in [3.8, 4) is 0 Å². The van der Waals surface area contributed by atoms with Crippen molar-refractivity contribution in [2.75, 3.05) is 0 Å². The minimum atomic E-state index is -1.54. The van der Waals surface area contributed by atoms with Crippen LogP contribution < -0.4 is 0 Å². The molecule has 2 saturated heterocycles. The topological polar surface area (TPSA) is 115 Å². The lowest BCUT2D eigenvalue weighted by atomic mass is 9.62. The zero-order valence-electron chi connectivity index (χ0n) is 15.5. The number of rotatable bonds is 0. The molecule has 3 fully saturated rings. The summed E-state index contributed by atoms with van der Waals surface area (Å²) < 4.78 is 11.8. The van der Waals surface area contributed by atoms with Crippen LogP contribution in [-0.2, 0) is 23.9 Å². The summed E-state index contributed by atoms with van der Waals surface area (Å²) in [5.74, 6) is -4.03. The molecule has 8 atom stereocenters. The van der Waals surface area contributed by atoms with Gasteiger partial charge in [0.25, 0.3) is 0 Å². The number of esters is 1. The number of carbonyl (C=O) groups is 2. The highest BCUT2D eigenvalue weighted by molar-refractivity contribution is 6.20. The first kappa shape index (κ1) is 17.2. The van der Waals surface area contributed by atoms with Gasteiger partial charge in [0.2, 0.25) is 5.79 Å². The van der Waals surface area contributed by atoms with Gasteiger partial charge in [0.15, 0.2) is 17.1 Å². The second-order valence-electron chi connectivity index (χ2n) is 8.81. The third-order valence-electron chi connectivity index (χ3n) is 7.00. The van der Waals surface area contributed by atoms with Crippen molar-refractivity contribution < 1.29 is 34.1 Å². The number of hydrogen-bond donors (Lipinski definition) is 2. The van der Waals surface area contributed by atoms with Crippen LogP contribution in [0.3, 0.4) is 0 Å². The van der Waals surface area contributed by atoms with E-state index in [1.54, 1.807) is 13.8 Å². The average Bonchev–Trinajstić information content (AvgIpc) is 3.11. The number of oxime groups is 1. The van der Waals surface area contributed by atoms with Gasteiger partial charge in [0.05, 0.1) is 18.1 Å². The molecule has 6 aliphatic rings. The molecule has 2 N–H and O–H groups in total. The summed E-state index contributed by atoms with van der Waals surface area (Å²) in [6, 6.07) is 0. The van der Waals surface area contributed by atoms with E-state index in [-0.39, 0.29) is 35.4 Å². The molecule has 1 saturated carbocycles. The molecular weight excluding hydrogens is 354 g/mol. The number of ketones is 1. The third kappa shape index (κ3) is 1.97. The maximum Gasteiger partial charge on any atom is 0.346 e. The predicted molar refractivity (Wildman–Crippen MR) is 90.0 cm³/mol. The molecule has 4 heterocycles. The minimum Gasteiger partial charge on any atom is -0.486 e. The number of hydrogen-bond acceptors (Lipinski definition) is 8. The summed E-state index contributed by atoms with van der Waals surface area (Å²) in [5.41, 5.74) is -0.864. The summed E-state index contributed by atoms with van der Waals surface area (Å²) in [6.45, 7) is 5.43. The van der Waals surface area contributed by atoms with Gasteiger partial charge in [-0.15, -0.1) is 0 Å². The number of fused-ring (bicyclic) bond motifs is 3. The lowest BCUT2D eigenvalue weighted by Gasteiger charge is -2.54. The van der Waals surface area contributed by atoms with Crippen molar-refractivity contribution in [1.82, 2.24) is 0 Å². The van der Waals surface area contributed by atoms with Crippen LogP contribution in [-0.4, -0.2) is 51.3 Å². The van der Waals surface area contributed by atoms with Gasteiger partial charge in [-0.2, -0.15) is 0 Å². The van der Waals surface area contributed by atoms with Gasteiger partial charge in [0, 0.05) is 18.3 Å². The van der Waals surface area contributed by atoms with E-state index in [1.807, 2.05) is 6.92 Å². The van der Waals surface area contributed by atoms with E-state index in [9.17, 15) is 19.8 Å². The highest BCUT2D eigenvalue weighted by Crippen LogP contribution is 2.58. The summed E-state index contributed by atoms with van der Waals surface area (Å²) in [7, 11) is 0. The number of ether oxygens (including phenoxy) is 2. The Kier molecular flexibility index (Phi) is 3.25. The highest BCUT2D eigenvalue weighted by Gasteiger charge is 2.70. The van der Waals surface area contributed by atoms with E-state index in [2.05, 4.69) is 5.16 Å². The van der Waals surface area contributed by atoms with Crippen LogP contribution in [0.4, 0.5) is 0 Å². The van der Waals surface area contributed by atoms with Crippen LogP contribution in [0.2, 0.25) is 0 Å². The van der Waals surface area contributed by atoms with Crippen molar-refractivity contribution in [3.63, 3.8) is 0 Å². The second-order valence-corrected chi connectivity index (χ2v) is 8.81. The van der Waals surface area contributed by atoms with Gasteiger partial charge in [-0.05, 0) is 12.3 Å². The summed E-state index contributed by atoms with van der Waals surface area (Å²) in [6.07, 6.45) is -0.701. The van der Waals surface area contributed by atoms with Gasteiger partial charge >= 0.3 is 5.97 Å². The van der Waals surface area contributed by atoms with E-state index in [4.69, 9.17) is 14.3 Å². The molecule has 146 valence electrons. The molecule has 1 unspecified atom stereocenters. The van der Waals surface area contributed by atoms with Crippen molar-refractivity contribution >= 4 is 17.5 Å². The zero-order valence-corrected chi connectivity index (χ0v) is 15.5. The molecule has 4 aliphatic heterocycles. The Morgan fingerprint density at radius 3 is 2.70 bits per heavy atom. The molecule has 0 amide bonds. The normalized spacial score (nSPS) is 50.6. The molecule has 6 rings (SSSR count). The molecule has 7 bridgehead atoms. The maximum absolute atomic E-state index is 13.1. The van der Waals surface area contributed by atoms with Gasteiger partial charge in [-0.25, -0.2) is 4.79 Å². The summed E-state index contributed by atoms with van der Waals surface area (Å²) in [4.78, 5) is 31.2. The van der Waals surface area contributed by atoms with E-state index in [0.717, 1.165) is 0 Å².